The number of sulfonamides is 1. The Morgan fingerprint density at radius 2 is 1.94 bits per heavy atom. The van der Waals surface area contributed by atoms with E-state index in [1.54, 1.807) is 7.05 Å². The van der Waals surface area contributed by atoms with Gasteiger partial charge in [0.25, 0.3) is 0 Å². The fourth-order valence-corrected chi connectivity index (χ4v) is 4.69. The smallest absolute Gasteiger partial charge is 0.214 e. The van der Waals surface area contributed by atoms with Crippen molar-refractivity contribution in [3.63, 3.8) is 0 Å². The minimum Gasteiger partial charge on any atom is -0.320 e. The number of hydrogen-bond acceptors (Lipinski definition) is 5. The molecule has 0 aromatic carbocycles. The second kappa shape index (κ2) is 6.12. The van der Waals surface area contributed by atoms with Crippen LogP contribution in [0.25, 0.3) is 0 Å². The van der Waals surface area contributed by atoms with Crippen molar-refractivity contribution in [3.05, 3.63) is 0 Å². The Kier molecular flexibility index (Phi) is 5.36. The standard InChI is InChI=1S/C9H20N2O4S2/c1-10-4-2-8-17(14,15)11-5-3-7-16(12,13)9-6-11/h10H,2-9H2,1H3. The normalized spacial score (nSPS) is 22.2. The van der Waals surface area contributed by atoms with Crippen LogP contribution in [0.3, 0.4) is 0 Å². The van der Waals surface area contributed by atoms with Crippen molar-refractivity contribution in [2.45, 2.75) is 12.8 Å². The molecule has 1 aliphatic heterocycles. The van der Waals surface area contributed by atoms with Gasteiger partial charge in [-0.25, -0.2) is 21.1 Å². The summed E-state index contributed by atoms with van der Waals surface area (Å²) in [6.07, 6.45) is 0.940. The molecule has 102 valence electrons. The minimum atomic E-state index is -3.30. The highest BCUT2D eigenvalue weighted by atomic mass is 32.2. The summed E-state index contributed by atoms with van der Waals surface area (Å²) in [7, 11) is -4.59. The molecule has 0 saturated carbocycles. The highest BCUT2D eigenvalue weighted by Crippen LogP contribution is 2.10. The maximum atomic E-state index is 11.9. The molecule has 0 unspecified atom stereocenters. The van der Waals surface area contributed by atoms with E-state index in [-0.39, 0.29) is 23.8 Å². The molecule has 8 heteroatoms. The van der Waals surface area contributed by atoms with Gasteiger partial charge in [-0.3, -0.25) is 0 Å². The van der Waals surface area contributed by atoms with Crippen molar-refractivity contribution >= 4 is 19.9 Å². The zero-order valence-corrected chi connectivity index (χ0v) is 11.7. The third kappa shape index (κ3) is 4.90. The molecule has 1 aliphatic rings. The van der Waals surface area contributed by atoms with Crippen molar-refractivity contribution in [2.24, 2.45) is 0 Å². The summed E-state index contributed by atoms with van der Waals surface area (Å²) in [5.41, 5.74) is 0. The van der Waals surface area contributed by atoms with Crippen LogP contribution in [-0.2, 0) is 19.9 Å². The van der Waals surface area contributed by atoms with Crippen LogP contribution < -0.4 is 5.32 Å². The molecule has 17 heavy (non-hydrogen) atoms. The van der Waals surface area contributed by atoms with E-state index in [2.05, 4.69) is 5.32 Å². The van der Waals surface area contributed by atoms with Crippen molar-refractivity contribution in [1.29, 1.82) is 0 Å². The quantitative estimate of drug-likeness (QED) is 0.658. The molecule has 0 aromatic rings. The second-order valence-corrected chi connectivity index (χ2v) is 8.57. The molecule has 6 nitrogen and oxygen atoms in total. The maximum absolute atomic E-state index is 11.9. The van der Waals surface area contributed by atoms with Crippen molar-refractivity contribution in [1.82, 2.24) is 9.62 Å². The molecular weight excluding hydrogens is 264 g/mol. The molecule has 1 fully saturated rings. The van der Waals surface area contributed by atoms with Crippen LogP contribution in [0.5, 0.6) is 0 Å². The topological polar surface area (TPSA) is 83.6 Å². The molecule has 0 spiro atoms. The summed E-state index contributed by atoms with van der Waals surface area (Å²) in [6.45, 7) is 1.07. The Labute approximate surface area is 103 Å². The first-order valence-electron chi connectivity index (χ1n) is 5.70. The first-order valence-corrected chi connectivity index (χ1v) is 9.13. The van der Waals surface area contributed by atoms with E-state index in [0.717, 1.165) is 0 Å². The van der Waals surface area contributed by atoms with Crippen molar-refractivity contribution in [2.75, 3.05) is 43.9 Å². The predicted octanol–water partition coefficient (Wildman–Crippen LogP) is -0.954. The SMILES string of the molecule is CNCCCS(=O)(=O)N1CCCS(=O)(=O)CC1. The third-order valence-corrected chi connectivity index (χ3v) is 6.41. The van der Waals surface area contributed by atoms with Gasteiger partial charge in [-0.1, -0.05) is 0 Å². The number of nitrogens with one attached hydrogen (secondary N) is 1. The monoisotopic (exact) mass is 284 g/mol. The summed E-state index contributed by atoms with van der Waals surface area (Å²) >= 11 is 0. The molecule has 0 bridgehead atoms. The van der Waals surface area contributed by atoms with Crippen LogP contribution in [-0.4, -0.2) is 65.1 Å². The largest absolute Gasteiger partial charge is 0.320 e. The van der Waals surface area contributed by atoms with Gasteiger partial charge in [-0.2, -0.15) is 0 Å². The van der Waals surface area contributed by atoms with Crippen molar-refractivity contribution in [3.8, 4) is 0 Å². The van der Waals surface area contributed by atoms with E-state index in [4.69, 9.17) is 0 Å². The van der Waals surface area contributed by atoms with Gasteiger partial charge in [0.1, 0.15) is 0 Å². The van der Waals surface area contributed by atoms with Gasteiger partial charge in [0.05, 0.1) is 17.3 Å². The zero-order valence-electron chi connectivity index (χ0n) is 10.1. The van der Waals surface area contributed by atoms with Gasteiger partial charge in [0, 0.05) is 13.1 Å². The van der Waals surface area contributed by atoms with E-state index in [1.807, 2.05) is 0 Å². The predicted molar refractivity (Wildman–Crippen MR) is 67.2 cm³/mol. The highest BCUT2D eigenvalue weighted by Gasteiger charge is 2.26. The van der Waals surface area contributed by atoms with E-state index in [0.29, 0.717) is 25.9 Å². The third-order valence-electron chi connectivity index (χ3n) is 2.74. The summed E-state index contributed by atoms with van der Waals surface area (Å²) in [4.78, 5) is 0. The lowest BCUT2D eigenvalue weighted by molar-refractivity contribution is 0.433. The average Bonchev–Trinajstić information content (AvgIpc) is 2.40. The van der Waals surface area contributed by atoms with Gasteiger partial charge in [0.2, 0.25) is 10.0 Å². The van der Waals surface area contributed by atoms with Crippen LogP contribution >= 0.6 is 0 Å². The maximum Gasteiger partial charge on any atom is 0.214 e. The molecule has 0 radical (unpaired) electrons. The Hall–Kier alpha value is -0.180. The molecule has 1 N–H and O–H groups in total. The van der Waals surface area contributed by atoms with Crippen LogP contribution in [0.4, 0.5) is 0 Å². The van der Waals surface area contributed by atoms with Crippen LogP contribution in [0.15, 0.2) is 0 Å². The van der Waals surface area contributed by atoms with Crippen LogP contribution in [0.1, 0.15) is 12.8 Å². The molecule has 0 atom stereocenters. The lowest BCUT2D eigenvalue weighted by Crippen LogP contribution is -2.36. The molecule has 1 heterocycles. The van der Waals surface area contributed by atoms with Gasteiger partial charge < -0.3 is 5.32 Å². The molecule has 0 aliphatic carbocycles. The Bertz CT molecular complexity index is 430. The number of nitrogens with zero attached hydrogens (tertiary/aromatic N) is 1. The molecule has 1 rings (SSSR count). The first kappa shape index (κ1) is 14.9. The van der Waals surface area contributed by atoms with E-state index in [9.17, 15) is 16.8 Å². The van der Waals surface area contributed by atoms with Crippen LogP contribution in [0, 0.1) is 0 Å². The fraction of sp³-hybridized carbons (Fsp3) is 1.00. The summed E-state index contributed by atoms with van der Waals surface area (Å²) in [5.74, 6) is 0.113. The zero-order chi connectivity index (χ0) is 12.9. The average molecular weight is 284 g/mol. The van der Waals surface area contributed by atoms with E-state index in [1.165, 1.54) is 4.31 Å². The van der Waals surface area contributed by atoms with Crippen LogP contribution in [0.2, 0.25) is 0 Å². The summed E-state index contributed by atoms with van der Waals surface area (Å²) < 4.78 is 47.9. The van der Waals surface area contributed by atoms with Gasteiger partial charge in [-0.05, 0) is 26.4 Å². The Morgan fingerprint density at radius 1 is 1.24 bits per heavy atom. The second-order valence-electron chi connectivity index (χ2n) is 4.18. The minimum absolute atomic E-state index is 0.0573. The van der Waals surface area contributed by atoms with E-state index >= 15 is 0 Å². The summed E-state index contributed by atoms with van der Waals surface area (Å²) in [5, 5.41) is 2.89. The molecule has 0 amide bonds. The number of sulfone groups is 1. The first-order chi connectivity index (χ1) is 7.87. The Balaban J connectivity index is 2.60. The van der Waals surface area contributed by atoms with Gasteiger partial charge >= 0.3 is 0 Å². The lowest BCUT2D eigenvalue weighted by Gasteiger charge is -2.19. The number of hydrogen-bond donors (Lipinski definition) is 1. The highest BCUT2D eigenvalue weighted by molar-refractivity contribution is 7.91. The fourth-order valence-electron chi connectivity index (χ4n) is 1.75. The summed E-state index contributed by atoms with van der Waals surface area (Å²) in [6, 6.07) is 0. The van der Waals surface area contributed by atoms with Gasteiger partial charge in [-0.15, -0.1) is 0 Å². The van der Waals surface area contributed by atoms with Crippen molar-refractivity contribution < 1.29 is 16.8 Å². The lowest BCUT2D eigenvalue weighted by atomic mass is 10.5. The molecule has 1 saturated heterocycles. The number of rotatable bonds is 5. The Morgan fingerprint density at radius 3 is 2.59 bits per heavy atom. The van der Waals surface area contributed by atoms with Gasteiger partial charge in [0.15, 0.2) is 9.84 Å². The van der Waals surface area contributed by atoms with E-state index < -0.39 is 19.9 Å². The molecule has 0 aromatic heterocycles. The molecular formula is C9H20N2O4S2.